The molecule has 0 bridgehead atoms. The van der Waals surface area contributed by atoms with Crippen LogP contribution in [0.15, 0.2) is 18.2 Å². The SMILES string of the molecule is CCCCOCCNCC1Cc2cc(Cl)ccc2O1. The summed E-state index contributed by atoms with van der Waals surface area (Å²) in [6.07, 6.45) is 3.47. The standard InChI is InChI=1S/C15H22ClNO2/c1-2-3-7-18-8-6-17-11-14-10-12-9-13(16)4-5-15(12)19-14/h4-5,9,14,17H,2-3,6-8,10-11H2,1H3. The monoisotopic (exact) mass is 283 g/mol. The van der Waals surface area contributed by atoms with Crippen LogP contribution < -0.4 is 10.1 Å². The van der Waals surface area contributed by atoms with Gasteiger partial charge in [0.05, 0.1) is 6.61 Å². The Morgan fingerprint density at radius 1 is 1.42 bits per heavy atom. The molecule has 1 unspecified atom stereocenters. The highest BCUT2D eigenvalue weighted by molar-refractivity contribution is 6.30. The molecule has 0 aliphatic carbocycles. The van der Waals surface area contributed by atoms with E-state index in [1.807, 2.05) is 18.2 Å². The fourth-order valence-corrected chi connectivity index (χ4v) is 2.35. The van der Waals surface area contributed by atoms with Crippen LogP contribution in [0.1, 0.15) is 25.3 Å². The number of rotatable bonds is 8. The smallest absolute Gasteiger partial charge is 0.123 e. The summed E-state index contributed by atoms with van der Waals surface area (Å²) < 4.78 is 11.3. The van der Waals surface area contributed by atoms with Gasteiger partial charge in [-0.3, -0.25) is 0 Å². The first-order valence-corrected chi connectivity index (χ1v) is 7.41. The quantitative estimate of drug-likeness (QED) is 0.744. The zero-order valence-electron chi connectivity index (χ0n) is 11.5. The first-order valence-electron chi connectivity index (χ1n) is 7.03. The van der Waals surface area contributed by atoms with Crippen molar-refractivity contribution in [1.82, 2.24) is 5.32 Å². The molecule has 2 rings (SSSR count). The number of fused-ring (bicyclic) bond motifs is 1. The second-order valence-electron chi connectivity index (χ2n) is 4.87. The number of nitrogens with one attached hydrogen (secondary N) is 1. The van der Waals surface area contributed by atoms with Gasteiger partial charge in [0.25, 0.3) is 0 Å². The van der Waals surface area contributed by atoms with Crippen molar-refractivity contribution < 1.29 is 9.47 Å². The van der Waals surface area contributed by atoms with Gasteiger partial charge in [0.2, 0.25) is 0 Å². The highest BCUT2D eigenvalue weighted by Crippen LogP contribution is 2.30. The predicted molar refractivity (Wildman–Crippen MR) is 78.2 cm³/mol. The highest BCUT2D eigenvalue weighted by atomic mass is 35.5. The van der Waals surface area contributed by atoms with Gasteiger partial charge in [0.15, 0.2) is 0 Å². The number of benzene rings is 1. The third kappa shape index (κ3) is 4.68. The summed E-state index contributed by atoms with van der Waals surface area (Å²) >= 11 is 5.97. The molecule has 1 aliphatic rings. The van der Waals surface area contributed by atoms with Gasteiger partial charge in [-0.15, -0.1) is 0 Å². The molecule has 0 saturated heterocycles. The average molecular weight is 284 g/mol. The minimum absolute atomic E-state index is 0.212. The second kappa shape index (κ2) is 7.73. The molecule has 0 saturated carbocycles. The molecule has 106 valence electrons. The lowest BCUT2D eigenvalue weighted by Gasteiger charge is -2.11. The van der Waals surface area contributed by atoms with Crippen LogP contribution in [0.3, 0.4) is 0 Å². The van der Waals surface area contributed by atoms with E-state index in [1.165, 1.54) is 12.0 Å². The summed E-state index contributed by atoms with van der Waals surface area (Å²) in [4.78, 5) is 0. The van der Waals surface area contributed by atoms with Gasteiger partial charge in [0.1, 0.15) is 11.9 Å². The van der Waals surface area contributed by atoms with Gasteiger partial charge in [-0.1, -0.05) is 24.9 Å². The van der Waals surface area contributed by atoms with E-state index in [2.05, 4.69) is 12.2 Å². The Hall–Kier alpha value is -0.770. The van der Waals surface area contributed by atoms with Gasteiger partial charge in [0, 0.05) is 31.1 Å². The summed E-state index contributed by atoms with van der Waals surface area (Å²) in [5.74, 6) is 0.968. The molecule has 1 heterocycles. The lowest BCUT2D eigenvalue weighted by molar-refractivity contribution is 0.129. The Labute approximate surface area is 120 Å². The number of unbranched alkanes of at least 4 members (excludes halogenated alkanes) is 1. The Morgan fingerprint density at radius 3 is 3.16 bits per heavy atom. The largest absolute Gasteiger partial charge is 0.488 e. The molecule has 4 heteroatoms. The first kappa shape index (κ1) is 14.6. The summed E-state index contributed by atoms with van der Waals surface area (Å²) in [5, 5.41) is 4.15. The fourth-order valence-electron chi connectivity index (χ4n) is 2.16. The molecule has 0 aromatic heterocycles. The maximum absolute atomic E-state index is 5.97. The van der Waals surface area contributed by atoms with Crippen molar-refractivity contribution in [3.8, 4) is 5.75 Å². The van der Waals surface area contributed by atoms with Crippen LogP contribution in [0, 0.1) is 0 Å². The highest BCUT2D eigenvalue weighted by Gasteiger charge is 2.22. The van der Waals surface area contributed by atoms with Crippen molar-refractivity contribution in [2.45, 2.75) is 32.3 Å². The van der Waals surface area contributed by atoms with Crippen molar-refractivity contribution in [2.24, 2.45) is 0 Å². The zero-order valence-corrected chi connectivity index (χ0v) is 12.2. The Bertz CT molecular complexity index is 398. The maximum atomic E-state index is 5.97. The lowest BCUT2D eigenvalue weighted by Crippen LogP contribution is -2.32. The van der Waals surface area contributed by atoms with Gasteiger partial charge >= 0.3 is 0 Å². The lowest BCUT2D eigenvalue weighted by atomic mass is 10.1. The van der Waals surface area contributed by atoms with Crippen molar-refractivity contribution in [3.05, 3.63) is 28.8 Å². The Kier molecular flexibility index (Phi) is 5.95. The van der Waals surface area contributed by atoms with E-state index in [-0.39, 0.29) is 6.10 Å². The Balaban J connectivity index is 1.59. The van der Waals surface area contributed by atoms with Crippen LogP contribution in [0.5, 0.6) is 5.75 Å². The molecule has 0 fully saturated rings. The molecule has 19 heavy (non-hydrogen) atoms. The van der Waals surface area contributed by atoms with Crippen LogP contribution in [0.2, 0.25) is 5.02 Å². The summed E-state index contributed by atoms with van der Waals surface area (Å²) in [6.45, 7) is 5.53. The zero-order chi connectivity index (χ0) is 13.5. The summed E-state index contributed by atoms with van der Waals surface area (Å²) in [7, 11) is 0. The third-order valence-corrected chi connectivity index (χ3v) is 3.44. The van der Waals surface area contributed by atoms with Crippen molar-refractivity contribution in [2.75, 3.05) is 26.3 Å². The molecule has 0 spiro atoms. The van der Waals surface area contributed by atoms with E-state index in [9.17, 15) is 0 Å². The topological polar surface area (TPSA) is 30.5 Å². The van der Waals surface area contributed by atoms with Gasteiger partial charge in [-0.25, -0.2) is 0 Å². The fraction of sp³-hybridized carbons (Fsp3) is 0.600. The van der Waals surface area contributed by atoms with Crippen LogP contribution in [-0.4, -0.2) is 32.4 Å². The molecule has 1 aromatic rings. The van der Waals surface area contributed by atoms with E-state index in [0.29, 0.717) is 0 Å². The molecule has 3 nitrogen and oxygen atoms in total. The van der Waals surface area contributed by atoms with Gasteiger partial charge < -0.3 is 14.8 Å². The van der Waals surface area contributed by atoms with Crippen LogP contribution in [0.4, 0.5) is 0 Å². The van der Waals surface area contributed by atoms with Crippen molar-refractivity contribution >= 4 is 11.6 Å². The third-order valence-electron chi connectivity index (χ3n) is 3.20. The number of halogens is 1. The van der Waals surface area contributed by atoms with E-state index in [1.54, 1.807) is 0 Å². The minimum atomic E-state index is 0.212. The van der Waals surface area contributed by atoms with E-state index in [4.69, 9.17) is 21.1 Å². The van der Waals surface area contributed by atoms with Gasteiger partial charge in [-0.05, 0) is 30.2 Å². The second-order valence-corrected chi connectivity index (χ2v) is 5.30. The van der Waals surface area contributed by atoms with Crippen molar-refractivity contribution in [1.29, 1.82) is 0 Å². The molecule has 0 radical (unpaired) electrons. The molecule has 1 aliphatic heterocycles. The molecular weight excluding hydrogens is 262 g/mol. The van der Waals surface area contributed by atoms with Gasteiger partial charge in [-0.2, -0.15) is 0 Å². The van der Waals surface area contributed by atoms with E-state index >= 15 is 0 Å². The predicted octanol–water partition coefficient (Wildman–Crippen LogP) is 3.05. The Morgan fingerprint density at radius 2 is 2.32 bits per heavy atom. The van der Waals surface area contributed by atoms with E-state index in [0.717, 1.165) is 49.9 Å². The summed E-state index contributed by atoms with van der Waals surface area (Å²) in [5.41, 5.74) is 1.21. The molecule has 0 amide bonds. The maximum Gasteiger partial charge on any atom is 0.123 e. The molecule has 1 aromatic carbocycles. The van der Waals surface area contributed by atoms with Crippen LogP contribution >= 0.6 is 11.6 Å². The molecule has 1 atom stereocenters. The van der Waals surface area contributed by atoms with E-state index < -0.39 is 0 Å². The average Bonchev–Trinajstić information content (AvgIpc) is 2.79. The molecular formula is C15H22ClNO2. The summed E-state index contributed by atoms with van der Waals surface area (Å²) in [6, 6.07) is 5.81. The first-order chi connectivity index (χ1) is 9.29. The minimum Gasteiger partial charge on any atom is -0.488 e. The number of ether oxygens (including phenoxy) is 2. The number of hydrogen-bond acceptors (Lipinski definition) is 3. The van der Waals surface area contributed by atoms with Crippen LogP contribution in [-0.2, 0) is 11.2 Å². The van der Waals surface area contributed by atoms with Crippen LogP contribution in [0.25, 0.3) is 0 Å². The number of hydrogen-bond donors (Lipinski definition) is 1. The molecule has 1 N–H and O–H groups in total. The normalized spacial score (nSPS) is 17.3. The van der Waals surface area contributed by atoms with Crippen molar-refractivity contribution in [3.63, 3.8) is 0 Å².